The summed E-state index contributed by atoms with van der Waals surface area (Å²) in [7, 11) is 1.50. The first-order valence-electron chi connectivity index (χ1n) is 7.54. The van der Waals surface area contributed by atoms with Crippen LogP contribution in [0.4, 0.5) is 5.95 Å². The van der Waals surface area contributed by atoms with Crippen LogP contribution in [0.2, 0.25) is 0 Å². The number of hydrazone groups is 1. The Morgan fingerprint density at radius 3 is 2.80 bits per heavy atom. The standard InChI is InChI=1S/C15H17N7O3/c1-9(23)8-22-11-12(21(2)15(25)19-13(11)24)18-14(22)20-17-7-10-3-5-16-6-4-10/h3-7,9,23H,8H2,1-2H3,(H,18,20)(H,19,24,25)/b17-7-/t9-/m1/s1. The van der Waals surface area contributed by atoms with Crippen molar-refractivity contribution >= 4 is 23.3 Å². The van der Waals surface area contributed by atoms with Crippen LogP contribution in [0, 0.1) is 0 Å². The van der Waals surface area contributed by atoms with E-state index in [-0.39, 0.29) is 23.7 Å². The molecule has 0 radical (unpaired) electrons. The molecule has 3 rings (SSSR count). The molecule has 0 bridgehead atoms. The minimum Gasteiger partial charge on any atom is -0.392 e. The van der Waals surface area contributed by atoms with Crippen molar-refractivity contribution in [1.82, 2.24) is 24.1 Å². The number of nitrogens with one attached hydrogen (secondary N) is 2. The molecule has 25 heavy (non-hydrogen) atoms. The molecule has 3 heterocycles. The van der Waals surface area contributed by atoms with Gasteiger partial charge in [-0.2, -0.15) is 10.1 Å². The first-order valence-corrected chi connectivity index (χ1v) is 7.54. The quantitative estimate of drug-likeness (QED) is 0.429. The monoisotopic (exact) mass is 343 g/mol. The Bertz CT molecular complexity index is 1030. The van der Waals surface area contributed by atoms with Crippen LogP contribution >= 0.6 is 0 Å². The first kappa shape index (κ1) is 16.6. The Hall–Kier alpha value is -3.27. The van der Waals surface area contributed by atoms with E-state index in [1.807, 2.05) is 0 Å². The summed E-state index contributed by atoms with van der Waals surface area (Å²) in [5, 5.41) is 13.8. The molecule has 0 unspecified atom stereocenters. The Morgan fingerprint density at radius 1 is 1.40 bits per heavy atom. The molecule has 0 saturated carbocycles. The van der Waals surface area contributed by atoms with Gasteiger partial charge in [-0.3, -0.25) is 19.3 Å². The van der Waals surface area contributed by atoms with Gasteiger partial charge in [0.15, 0.2) is 11.2 Å². The Morgan fingerprint density at radius 2 is 2.12 bits per heavy atom. The van der Waals surface area contributed by atoms with E-state index in [0.717, 1.165) is 5.56 Å². The fourth-order valence-electron chi connectivity index (χ4n) is 2.38. The number of aliphatic hydroxyl groups excluding tert-OH is 1. The molecule has 10 nitrogen and oxygen atoms in total. The molecule has 0 fully saturated rings. The van der Waals surface area contributed by atoms with Crippen molar-refractivity contribution in [3.8, 4) is 0 Å². The van der Waals surface area contributed by atoms with E-state index in [2.05, 4.69) is 25.5 Å². The number of imidazole rings is 1. The number of aromatic amines is 1. The molecule has 0 aromatic carbocycles. The molecule has 0 aliphatic heterocycles. The van der Waals surface area contributed by atoms with Crippen molar-refractivity contribution in [3.63, 3.8) is 0 Å². The van der Waals surface area contributed by atoms with E-state index in [1.165, 1.54) is 16.2 Å². The number of pyridine rings is 1. The van der Waals surface area contributed by atoms with Crippen molar-refractivity contribution < 1.29 is 5.11 Å². The van der Waals surface area contributed by atoms with Gasteiger partial charge in [0.2, 0.25) is 5.95 Å². The number of aryl methyl sites for hydroxylation is 1. The van der Waals surface area contributed by atoms with Gasteiger partial charge in [-0.05, 0) is 24.6 Å². The molecular weight excluding hydrogens is 326 g/mol. The molecule has 0 aliphatic carbocycles. The third kappa shape index (κ3) is 3.33. The normalized spacial score (nSPS) is 12.8. The lowest BCUT2D eigenvalue weighted by atomic mass is 10.3. The summed E-state index contributed by atoms with van der Waals surface area (Å²) in [5.41, 5.74) is 2.83. The minimum absolute atomic E-state index is 0.116. The number of fused-ring (bicyclic) bond motifs is 1. The van der Waals surface area contributed by atoms with E-state index in [9.17, 15) is 14.7 Å². The number of aromatic nitrogens is 5. The molecule has 0 amide bonds. The average Bonchev–Trinajstić information content (AvgIpc) is 2.92. The lowest BCUT2D eigenvalue weighted by Crippen LogP contribution is -2.29. The van der Waals surface area contributed by atoms with Crippen molar-refractivity contribution in [2.75, 3.05) is 5.43 Å². The summed E-state index contributed by atoms with van der Waals surface area (Å²) in [5.74, 6) is 0.243. The van der Waals surface area contributed by atoms with Gasteiger partial charge in [-0.25, -0.2) is 10.2 Å². The Labute approximate surface area is 141 Å². The molecule has 1 atom stereocenters. The lowest BCUT2D eigenvalue weighted by Gasteiger charge is -2.09. The van der Waals surface area contributed by atoms with Gasteiger partial charge in [-0.15, -0.1) is 0 Å². The summed E-state index contributed by atoms with van der Waals surface area (Å²) in [6, 6.07) is 3.55. The maximum absolute atomic E-state index is 12.2. The average molecular weight is 343 g/mol. The summed E-state index contributed by atoms with van der Waals surface area (Å²) >= 11 is 0. The van der Waals surface area contributed by atoms with E-state index in [0.29, 0.717) is 0 Å². The van der Waals surface area contributed by atoms with Crippen LogP contribution in [0.15, 0.2) is 39.2 Å². The highest BCUT2D eigenvalue weighted by Gasteiger charge is 2.18. The third-order valence-electron chi connectivity index (χ3n) is 3.54. The number of rotatable bonds is 5. The van der Waals surface area contributed by atoms with Gasteiger partial charge >= 0.3 is 5.69 Å². The number of anilines is 1. The predicted octanol–water partition coefficient (Wildman–Crippen LogP) is -0.355. The number of nitrogens with zero attached hydrogens (tertiary/aromatic N) is 5. The number of hydrogen-bond donors (Lipinski definition) is 3. The van der Waals surface area contributed by atoms with E-state index in [1.54, 1.807) is 37.7 Å². The summed E-state index contributed by atoms with van der Waals surface area (Å²) in [6.45, 7) is 1.71. The van der Waals surface area contributed by atoms with Gasteiger partial charge in [0.1, 0.15) is 0 Å². The fraction of sp³-hybridized carbons (Fsp3) is 0.267. The van der Waals surface area contributed by atoms with Gasteiger partial charge in [-0.1, -0.05) is 0 Å². The smallest absolute Gasteiger partial charge is 0.329 e. The number of hydrogen-bond acceptors (Lipinski definition) is 7. The summed E-state index contributed by atoms with van der Waals surface area (Å²) in [6.07, 6.45) is 4.12. The topological polar surface area (TPSA) is 130 Å². The Balaban J connectivity index is 2.06. The molecule has 0 saturated heterocycles. The zero-order valence-electron chi connectivity index (χ0n) is 13.7. The molecule has 0 aliphatic rings. The summed E-state index contributed by atoms with van der Waals surface area (Å²) < 4.78 is 2.72. The van der Waals surface area contributed by atoms with Crippen molar-refractivity contribution in [1.29, 1.82) is 0 Å². The fourth-order valence-corrected chi connectivity index (χ4v) is 2.38. The number of aliphatic hydroxyl groups is 1. The zero-order chi connectivity index (χ0) is 18.0. The van der Waals surface area contributed by atoms with Crippen LogP contribution in [0.25, 0.3) is 11.2 Å². The van der Waals surface area contributed by atoms with Crippen LogP contribution in [-0.2, 0) is 13.6 Å². The van der Waals surface area contributed by atoms with Gasteiger partial charge in [0.05, 0.1) is 18.9 Å². The highest BCUT2D eigenvalue weighted by molar-refractivity contribution is 5.80. The maximum atomic E-state index is 12.2. The predicted molar refractivity (Wildman–Crippen MR) is 92.7 cm³/mol. The zero-order valence-corrected chi connectivity index (χ0v) is 13.7. The SMILES string of the molecule is C[C@@H](O)Cn1c(N/N=C\c2ccncc2)nc2c1c(=O)[nH]c(=O)n2C. The third-order valence-corrected chi connectivity index (χ3v) is 3.54. The molecule has 130 valence electrons. The largest absolute Gasteiger partial charge is 0.392 e. The van der Waals surface area contributed by atoms with Crippen molar-refractivity contribution in [3.05, 3.63) is 50.9 Å². The van der Waals surface area contributed by atoms with Gasteiger partial charge in [0.25, 0.3) is 5.56 Å². The van der Waals surface area contributed by atoms with E-state index >= 15 is 0 Å². The van der Waals surface area contributed by atoms with Crippen LogP contribution in [0.3, 0.4) is 0 Å². The molecule has 3 N–H and O–H groups in total. The molecule has 0 spiro atoms. The van der Waals surface area contributed by atoms with E-state index < -0.39 is 17.4 Å². The van der Waals surface area contributed by atoms with Crippen LogP contribution in [0.5, 0.6) is 0 Å². The minimum atomic E-state index is -0.723. The lowest BCUT2D eigenvalue weighted by molar-refractivity contribution is 0.175. The second kappa shape index (κ2) is 6.69. The highest BCUT2D eigenvalue weighted by atomic mass is 16.3. The van der Waals surface area contributed by atoms with Crippen molar-refractivity contribution in [2.45, 2.75) is 19.6 Å². The van der Waals surface area contributed by atoms with Crippen LogP contribution in [0.1, 0.15) is 12.5 Å². The molecule has 3 aromatic heterocycles. The maximum Gasteiger partial charge on any atom is 0.329 e. The molecular formula is C15H17N7O3. The van der Waals surface area contributed by atoms with Gasteiger partial charge in [0, 0.05) is 19.4 Å². The first-order chi connectivity index (χ1) is 12.0. The number of H-pyrrole nitrogens is 1. The second-order valence-electron chi connectivity index (χ2n) is 5.54. The highest BCUT2D eigenvalue weighted by Crippen LogP contribution is 2.16. The molecule has 3 aromatic rings. The van der Waals surface area contributed by atoms with E-state index in [4.69, 9.17) is 0 Å². The molecule has 10 heteroatoms. The van der Waals surface area contributed by atoms with Crippen molar-refractivity contribution in [2.24, 2.45) is 12.1 Å². The Kier molecular flexibility index (Phi) is 4.44. The van der Waals surface area contributed by atoms with Crippen LogP contribution < -0.4 is 16.7 Å². The summed E-state index contributed by atoms with van der Waals surface area (Å²) in [4.78, 5) is 34.3. The van der Waals surface area contributed by atoms with Gasteiger partial charge < -0.3 is 9.67 Å². The van der Waals surface area contributed by atoms with Crippen LogP contribution in [-0.4, -0.2) is 41.5 Å². The second-order valence-corrected chi connectivity index (χ2v) is 5.54.